The molecule has 1 aromatic carbocycles. The van der Waals surface area contributed by atoms with Gasteiger partial charge in [-0.1, -0.05) is 42.1 Å². The lowest BCUT2D eigenvalue weighted by molar-refractivity contribution is 0.187. The largest absolute Gasteiger partial charge is 0.390 e. The smallest absolute Gasteiger partial charge is 0.168 e. The number of aliphatic hydroxyl groups is 1. The summed E-state index contributed by atoms with van der Waals surface area (Å²) in [6.07, 6.45) is 2.67. The molecule has 0 aliphatic rings. The lowest BCUT2D eigenvalue weighted by Crippen LogP contribution is -2.07. The van der Waals surface area contributed by atoms with E-state index in [1.807, 2.05) is 18.2 Å². The van der Waals surface area contributed by atoms with Gasteiger partial charge in [0.2, 0.25) is 0 Å². The molecule has 4 nitrogen and oxygen atoms in total. The van der Waals surface area contributed by atoms with E-state index in [1.54, 1.807) is 25.1 Å². The van der Waals surface area contributed by atoms with E-state index in [0.29, 0.717) is 6.61 Å². The summed E-state index contributed by atoms with van der Waals surface area (Å²) in [5, 5.41) is 10.3. The average molecular weight is 292 g/mol. The standard InChI is InChI=1S/C15H20N2O2S/c1-19-9-5-8-17-14(11-18)10-16-15(17)20-12-13-6-3-2-4-7-13/h2-4,6-7,10,18H,5,8-9,11-12H2,1H3. The van der Waals surface area contributed by atoms with Crippen molar-refractivity contribution in [2.24, 2.45) is 0 Å². The van der Waals surface area contributed by atoms with Crippen molar-refractivity contribution in [3.63, 3.8) is 0 Å². The Morgan fingerprint density at radius 1 is 1.30 bits per heavy atom. The summed E-state index contributed by atoms with van der Waals surface area (Å²) in [6, 6.07) is 10.3. The quantitative estimate of drug-likeness (QED) is 0.600. The van der Waals surface area contributed by atoms with E-state index in [0.717, 1.165) is 29.6 Å². The molecule has 0 radical (unpaired) electrons. The summed E-state index contributed by atoms with van der Waals surface area (Å²) in [4.78, 5) is 4.41. The van der Waals surface area contributed by atoms with Crippen LogP contribution in [0.15, 0.2) is 41.7 Å². The zero-order valence-electron chi connectivity index (χ0n) is 11.7. The van der Waals surface area contributed by atoms with Crippen molar-refractivity contribution in [1.29, 1.82) is 0 Å². The van der Waals surface area contributed by atoms with Gasteiger partial charge in [0.15, 0.2) is 5.16 Å². The van der Waals surface area contributed by atoms with Crippen LogP contribution in [0.5, 0.6) is 0 Å². The lowest BCUT2D eigenvalue weighted by atomic mass is 10.2. The molecule has 0 aliphatic carbocycles. The molecular formula is C15H20N2O2S. The topological polar surface area (TPSA) is 47.3 Å². The number of imidazole rings is 1. The fraction of sp³-hybridized carbons (Fsp3) is 0.400. The predicted octanol–water partition coefficient (Wildman–Crippen LogP) is 2.70. The summed E-state index contributed by atoms with van der Waals surface area (Å²) < 4.78 is 7.16. The van der Waals surface area contributed by atoms with Gasteiger partial charge in [-0.25, -0.2) is 4.98 Å². The van der Waals surface area contributed by atoms with Crippen molar-refractivity contribution in [2.75, 3.05) is 13.7 Å². The van der Waals surface area contributed by atoms with Crippen molar-refractivity contribution in [1.82, 2.24) is 9.55 Å². The first kappa shape index (κ1) is 15.1. The van der Waals surface area contributed by atoms with Crippen LogP contribution in [0.4, 0.5) is 0 Å². The third-order valence-electron chi connectivity index (χ3n) is 3.00. The van der Waals surface area contributed by atoms with Gasteiger partial charge in [0.1, 0.15) is 0 Å². The zero-order chi connectivity index (χ0) is 14.2. The summed E-state index contributed by atoms with van der Waals surface area (Å²) in [7, 11) is 1.70. The predicted molar refractivity (Wildman–Crippen MR) is 80.6 cm³/mol. The molecule has 1 N–H and O–H groups in total. The number of benzene rings is 1. The summed E-state index contributed by atoms with van der Waals surface area (Å²) in [5.41, 5.74) is 2.13. The van der Waals surface area contributed by atoms with E-state index in [-0.39, 0.29) is 6.61 Å². The number of methoxy groups -OCH3 is 1. The highest BCUT2D eigenvalue weighted by Crippen LogP contribution is 2.23. The van der Waals surface area contributed by atoms with Gasteiger partial charge >= 0.3 is 0 Å². The molecule has 1 heterocycles. The zero-order valence-corrected chi connectivity index (χ0v) is 12.5. The van der Waals surface area contributed by atoms with Gasteiger partial charge in [-0.15, -0.1) is 0 Å². The first-order chi connectivity index (χ1) is 9.85. The van der Waals surface area contributed by atoms with E-state index < -0.39 is 0 Å². The van der Waals surface area contributed by atoms with E-state index >= 15 is 0 Å². The minimum Gasteiger partial charge on any atom is -0.390 e. The van der Waals surface area contributed by atoms with Gasteiger partial charge in [-0.3, -0.25) is 0 Å². The van der Waals surface area contributed by atoms with Crippen molar-refractivity contribution < 1.29 is 9.84 Å². The summed E-state index contributed by atoms with van der Waals surface area (Å²) in [6.45, 7) is 1.55. The van der Waals surface area contributed by atoms with Gasteiger partial charge in [0.05, 0.1) is 18.5 Å². The highest BCUT2D eigenvalue weighted by molar-refractivity contribution is 7.98. The first-order valence-electron chi connectivity index (χ1n) is 6.66. The van der Waals surface area contributed by atoms with E-state index in [1.165, 1.54) is 5.56 Å². The Bertz CT molecular complexity index is 514. The molecule has 1 aromatic heterocycles. The normalized spacial score (nSPS) is 10.9. The molecule has 0 amide bonds. The number of aliphatic hydroxyl groups excluding tert-OH is 1. The van der Waals surface area contributed by atoms with Crippen LogP contribution in [-0.2, 0) is 23.6 Å². The Morgan fingerprint density at radius 2 is 2.10 bits per heavy atom. The lowest BCUT2D eigenvalue weighted by Gasteiger charge is -2.10. The maximum Gasteiger partial charge on any atom is 0.168 e. The summed E-state index contributed by atoms with van der Waals surface area (Å²) in [5.74, 6) is 0.882. The Balaban J connectivity index is 2.01. The number of hydrogen-bond donors (Lipinski definition) is 1. The van der Waals surface area contributed by atoms with Crippen LogP contribution in [0, 0.1) is 0 Å². The molecular weight excluding hydrogens is 272 g/mol. The van der Waals surface area contributed by atoms with Crippen LogP contribution in [0.3, 0.4) is 0 Å². The Labute approximate surface area is 123 Å². The van der Waals surface area contributed by atoms with Gasteiger partial charge in [0.25, 0.3) is 0 Å². The second-order valence-corrected chi connectivity index (χ2v) is 5.40. The molecule has 0 saturated heterocycles. The molecule has 2 rings (SSSR count). The molecule has 0 bridgehead atoms. The maximum absolute atomic E-state index is 9.37. The van der Waals surface area contributed by atoms with Crippen LogP contribution >= 0.6 is 11.8 Å². The molecule has 108 valence electrons. The van der Waals surface area contributed by atoms with Crippen LogP contribution in [-0.4, -0.2) is 28.4 Å². The fourth-order valence-corrected chi connectivity index (χ4v) is 2.94. The average Bonchev–Trinajstić information content (AvgIpc) is 2.89. The van der Waals surface area contributed by atoms with E-state index in [9.17, 15) is 5.11 Å². The van der Waals surface area contributed by atoms with E-state index in [2.05, 4.69) is 21.7 Å². The number of hydrogen-bond acceptors (Lipinski definition) is 4. The number of rotatable bonds is 8. The third-order valence-corrected chi connectivity index (χ3v) is 4.07. The molecule has 0 atom stereocenters. The molecule has 0 aliphatic heterocycles. The SMILES string of the molecule is COCCCn1c(CO)cnc1SCc1ccccc1. The van der Waals surface area contributed by atoms with Gasteiger partial charge < -0.3 is 14.4 Å². The highest BCUT2D eigenvalue weighted by Gasteiger charge is 2.09. The van der Waals surface area contributed by atoms with Gasteiger partial charge in [-0.2, -0.15) is 0 Å². The molecule has 0 fully saturated rings. The minimum absolute atomic E-state index is 0.0197. The van der Waals surface area contributed by atoms with Crippen molar-refractivity contribution >= 4 is 11.8 Å². The summed E-state index contributed by atoms with van der Waals surface area (Å²) >= 11 is 1.69. The van der Waals surface area contributed by atoms with Crippen LogP contribution in [0.2, 0.25) is 0 Å². The highest BCUT2D eigenvalue weighted by atomic mass is 32.2. The number of nitrogens with zero attached hydrogens (tertiary/aromatic N) is 2. The van der Waals surface area contributed by atoms with Crippen LogP contribution in [0.25, 0.3) is 0 Å². The molecule has 0 spiro atoms. The molecule has 2 aromatic rings. The maximum atomic E-state index is 9.37. The van der Waals surface area contributed by atoms with Gasteiger partial charge in [0, 0.05) is 26.0 Å². The van der Waals surface area contributed by atoms with Crippen molar-refractivity contribution in [3.8, 4) is 0 Å². The Morgan fingerprint density at radius 3 is 2.80 bits per heavy atom. The molecule has 0 unspecified atom stereocenters. The van der Waals surface area contributed by atoms with Gasteiger partial charge in [-0.05, 0) is 12.0 Å². The third kappa shape index (κ3) is 4.10. The van der Waals surface area contributed by atoms with E-state index in [4.69, 9.17) is 4.74 Å². The molecule has 0 saturated carbocycles. The number of thioether (sulfide) groups is 1. The van der Waals surface area contributed by atoms with Crippen LogP contribution in [0.1, 0.15) is 17.7 Å². The second-order valence-electron chi connectivity index (χ2n) is 4.46. The Kier molecular flexibility index (Phi) is 6.11. The second kappa shape index (κ2) is 8.09. The Hall–Kier alpha value is -1.30. The first-order valence-corrected chi connectivity index (χ1v) is 7.64. The molecule has 20 heavy (non-hydrogen) atoms. The van der Waals surface area contributed by atoms with Crippen molar-refractivity contribution in [3.05, 3.63) is 47.8 Å². The number of aromatic nitrogens is 2. The fourth-order valence-electron chi connectivity index (χ4n) is 1.96. The van der Waals surface area contributed by atoms with Crippen LogP contribution < -0.4 is 0 Å². The molecule has 5 heteroatoms. The minimum atomic E-state index is 0.0197. The monoisotopic (exact) mass is 292 g/mol. The van der Waals surface area contributed by atoms with Crippen molar-refractivity contribution in [2.45, 2.75) is 30.5 Å². The number of ether oxygens (including phenoxy) is 1.